The van der Waals surface area contributed by atoms with Crippen LogP contribution >= 0.6 is 34.8 Å². The van der Waals surface area contributed by atoms with Gasteiger partial charge in [0.15, 0.2) is 0 Å². The highest BCUT2D eigenvalue weighted by Gasteiger charge is 2.26. The molecule has 1 amide bonds. The number of benzene rings is 1. The van der Waals surface area contributed by atoms with E-state index in [4.69, 9.17) is 34.8 Å². The van der Waals surface area contributed by atoms with E-state index in [1.165, 1.54) is 23.1 Å². The molecule has 0 aromatic heterocycles. The van der Waals surface area contributed by atoms with Gasteiger partial charge in [-0.3, -0.25) is 14.9 Å². The molecule has 8 heteroatoms. The number of halogens is 3. The van der Waals surface area contributed by atoms with Gasteiger partial charge in [0.1, 0.15) is 5.56 Å². The normalized spacial score (nSPS) is 10.3. The van der Waals surface area contributed by atoms with Crippen LogP contribution in [-0.4, -0.2) is 40.6 Å². The van der Waals surface area contributed by atoms with E-state index in [0.29, 0.717) is 0 Å². The van der Waals surface area contributed by atoms with E-state index in [1.807, 2.05) is 0 Å². The van der Waals surface area contributed by atoms with Crippen LogP contribution in [0, 0.1) is 10.1 Å². The van der Waals surface area contributed by atoms with Crippen molar-refractivity contribution in [2.45, 2.75) is 0 Å². The van der Waals surface area contributed by atoms with Gasteiger partial charge >= 0.3 is 0 Å². The number of carbonyl (C=O) groups is 1. The molecule has 0 aliphatic heterocycles. The van der Waals surface area contributed by atoms with Crippen molar-refractivity contribution in [3.8, 4) is 0 Å². The van der Waals surface area contributed by atoms with Crippen molar-refractivity contribution in [3.05, 3.63) is 38.9 Å². The van der Waals surface area contributed by atoms with Gasteiger partial charge in [-0.1, -0.05) is 17.7 Å². The molecule has 0 atom stereocenters. The van der Waals surface area contributed by atoms with Gasteiger partial charge in [0.25, 0.3) is 11.6 Å². The maximum absolute atomic E-state index is 12.3. The van der Waals surface area contributed by atoms with Gasteiger partial charge in [-0.25, -0.2) is 0 Å². The molecular formula is C11H11Cl3N2O3. The van der Waals surface area contributed by atoms with Crippen LogP contribution in [0.2, 0.25) is 5.02 Å². The summed E-state index contributed by atoms with van der Waals surface area (Å²) < 4.78 is 0. The number of nitro benzene ring substituents is 1. The molecule has 1 aromatic carbocycles. The Morgan fingerprint density at radius 1 is 1.26 bits per heavy atom. The van der Waals surface area contributed by atoms with Crippen LogP contribution in [0.3, 0.4) is 0 Å². The summed E-state index contributed by atoms with van der Waals surface area (Å²) in [5, 5.41) is 11.0. The van der Waals surface area contributed by atoms with Gasteiger partial charge in [-0.2, -0.15) is 0 Å². The second kappa shape index (κ2) is 7.53. The van der Waals surface area contributed by atoms with Crippen molar-refractivity contribution in [1.82, 2.24) is 4.90 Å². The molecule has 0 unspecified atom stereocenters. The number of amides is 1. The molecule has 0 heterocycles. The van der Waals surface area contributed by atoms with Crippen LogP contribution in [0.15, 0.2) is 18.2 Å². The van der Waals surface area contributed by atoms with Crippen molar-refractivity contribution in [2.24, 2.45) is 0 Å². The monoisotopic (exact) mass is 324 g/mol. The molecule has 0 saturated heterocycles. The molecule has 0 aliphatic rings. The Labute approximate surface area is 125 Å². The van der Waals surface area contributed by atoms with Gasteiger partial charge in [-0.15, -0.1) is 23.2 Å². The zero-order valence-electron chi connectivity index (χ0n) is 9.81. The van der Waals surface area contributed by atoms with Gasteiger partial charge in [-0.05, 0) is 6.07 Å². The molecule has 0 saturated carbocycles. The first-order chi connectivity index (χ1) is 9.02. The predicted molar refractivity (Wildman–Crippen MR) is 75.4 cm³/mol. The fourth-order valence-electron chi connectivity index (χ4n) is 1.55. The third kappa shape index (κ3) is 3.96. The average Bonchev–Trinajstić information content (AvgIpc) is 2.37. The molecular weight excluding hydrogens is 314 g/mol. The van der Waals surface area contributed by atoms with Crippen LogP contribution in [0.4, 0.5) is 5.69 Å². The third-order valence-electron chi connectivity index (χ3n) is 2.40. The van der Waals surface area contributed by atoms with Crippen molar-refractivity contribution in [3.63, 3.8) is 0 Å². The third-order valence-corrected chi connectivity index (χ3v) is 3.05. The minimum absolute atomic E-state index is 0.0355. The Hall–Kier alpha value is -1.04. The second-order valence-corrected chi connectivity index (χ2v) is 4.72. The lowest BCUT2D eigenvalue weighted by Crippen LogP contribution is -2.35. The summed E-state index contributed by atoms with van der Waals surface area (Å²) in [6, 6.07) is 4.09. The maximum Gasteiger partial charge on any atom is 0.283 e. The number of nitrogens with zero attached hydrogens (tertiary/aromatic N) is 2. The molecule has 104 valence electrons. The minimum atomic E-state index is -0.640. The van der Waals surface area contributed by atoms with Crippen LogP contribution < -0.4 is 0 Å². The summed E-state index contributed by atoms with van der Waals surface area (Å²) in [5.74, 6) is -0.125. The molecule has 1 rings (SSSR count). The van der Waals surface area contributed by atoms with E-state index < -0.39 is 10.8 Å². The molecule has 0 spiro atoms. The molecule has 5 nitrogen and oxygen atoms in total. The van der Waals surface area contributed by atoms with E-state index in [2.05, 4.69) is 0 Å². The van der Waals surface area contributed by atoms with Crippen molar-refractivity contribution in [2.75, 3.05) is 24.8 Å². The average molecular weight is 326 g/mol. The minimum Gasteiger partial charge on any atom is -0.336 e. The van der Waals surface area contributed by atoms with E-state index in [9.17, 15) is 14.9 Å². The van der Waals surface area contributed by atoms with E-state index in [1.54, 1.807) is 0 Å². The lowest BCUT2D eigenvalue weighted by Gasteiger charge is -2.20. The number of rotatable bonds is 6. The van der Waals surface area contributed by atoms with Crippen molar-refractivity contribution >= 4 is 46.4 Å². The molecule has 19 heavy (non-hydrogen) atoms. The van der Waals surface area contributed by atoms with Gasteiger partial charge < -0.3 is 4.90 Å². The Morgan fingerprint density at radius 3 is 2.32 bits per heavy atom. The Kier molecular flexibility index (Phi) is 6.34. The summed E-state index contributed by atoms with van der Waals surface area (Å²) in [6.45, 7) is 0.491. The highest BCUT2D eigenvalue weighted by Crippen LogP contribution is 2.27. The van der Waals surface area contributed by atoms with Crippen molar-refractivity contribution in [1.29, 1.82) is 0 Å². The fraction of sp³-hybridized carbons (Fsp3) is 0.364. The molecule has 0 radical (unpaired) electrons. The second-order valence-electron chi connectivity index (χ2n) is 3.56. The summed E-state index contributed by atoms with van der Waals surface area (Å²) in [6.07, 6.45) is 0. The standard InChI is InChI=1S/C11H11Cl3N2O3/c12-4-6-15(7-5-13)11(17)10-8(14)2-1-3-9(10)16(18)19/h1-3H,4-7H2. The SMILES string of the molecule is O=C(c1c(Cl)cccc1[N+](=O)[O-])N(CCCl)CCCl. The van der Waals surface area contributed by atoms with Gasteiger partial charge in [0, 0.05) is 30.9 Å². The van der Waals surface area contributed by atoms with Crippen LogP contribution in [0.25, 0.3) is 0 Å². The number of nitro groups is 1. The molecule has 0 N–H and O–H groups in total. The quantitative estimate of drug-likeness (QED) is 0.458. The highest BCUT2D eigenvalue weighted by molar-refractivity contribution is 6.34. The number of alkyl halides is 2. The maximum atomic E-state index is 12.3. The first-order valence-corrected chi connectivity index (χ1v) is 6.81. The lowest BCUT2D eigenvalue weighted by molar-refractivity contribution is -0.385. The Morgan fingerprint density at radius 2 is 1.84 bits per heavy atom. The largest absolute Gasteiger partial charge is 0.336 e. The topological polar surface area (TPSA) is 63.4 Å². The number of carbonyl (C=O) groups excluding carboxylic acids is 1. The molecule has 0 aliphatic carbocycles. The lowest BCUT2D eigenvalue weighted by atomic mass is 10.1. The Bertz CT molecular complexity index is 476. The Balaban J connectivity index is 3.19. The highest BCUT2D eigenvalue weighted by atomic mass is 35.5. The van der Waals surface area contributed by atoms with Gasteiger partial charge in [0.2, 0.25) is 0 Å². The first kappa shape index (κ1) is 16.0. The first-order valence-electron chi connectivity index (χ1n) is 5.37. The van der Waals surface area contributed by atoms with E-state index in [-0.39, 0.29) is 41.1 Å². The van der Waals surface area contributed by atoms with E-state index >= 15 is 0 Å². The van der Waals surface area contributed by atoms with Crippen molar-refractivity contribution < 1.29 is 9.72 Å². The van der Waals surface area contributed by atoms with Crippen LogP contribution in [0.1, 0.15) is 10.4 Å². The number of hydrogen-bond donors (Lipinski definition) is 0. The summed E-state index contributed by atoms with van der Waals surface area (Å²) in [4.78, 5) is 23.9. The smallest absolute Gasteiger partial charge is 0.283 e. The van der Waals surface area contributed by atoms with Crippen LogP contribution in [-0.2, 0) is 0 Å². The molecule has 1 aromatic rings. The fourth-order valence-corrected chi connectivity index (χ4v) is 2.21. The molecule has 0 bridgehead atoms. The number of hydrogen-bond acceptors (Lipinski definition) is 3. The van der Waals surface area contributed by atoms with Gasteiger partial charge in [0.05, 0.1) is 9.95 Å². The summed E-state index contributed by atoms with van der Waals surface area (Å²) in [7, 11) is 0. The summed E-state index contributed by atoms with van der Waals surface area (Å²) in [5.41, 5.74) is -0.462. The molecule has 0 fully saturated rings. The zero-order valence-corrected chi connectivity index (χ0v) is 12.1. The summed E-state index contributed by atoms with van der Waals surface area (Å²) >= 11 is 17.1. The predicted octanol–water partition coefficient (Wildman–Crippen LogP) is 3.17. The van der Waals surface area contributed by atoms with Crippen LogP contribution in [0.5, 0.6) is 0 Å². The van der Waals surface area contributed by atoms with E-state index in [0.717, 1.165) is 0 Å². The zero-order chi connectivity index (χ0) is 14.4.